The lowest BCUT2D eigenvalue weighted by molar-refractivity contribution is 0.813. The fraction of sp³-hybridized carbons (Fsp3) is 0.375. The lowest BCUT2D eigenvalue weighted by atomic mass is 10.0. The molecule has 0 aliphatic carbocycles. The van der Waals surface area contributed by atoms with E-state index >= 15 is 0 Å². The second-order valence-corrected chi connectivity index (χ2v) is 6.15. The molecule has 1 heteroatoms. The largest absolute Gasteiger partial charge is 0.145 e. The molecule has 88 valence electrons. The Morgan fingerprint density at radius 2 is 1.29 bits per heavy atom. The lowest BCUT2D eigenvalue weighted by Crippen LogP contribution is -1.93. The van der Waals surface area contributed by atoms with Crippen LogP contribution in [0.5, 0.6) is 0 Å². The zero-order valence-electron chi connectivity index (χ0n) is 10.1. The molecule has 0 spiro atoms. The summed E-state index contributed by atoms with van der Waals surface area (Å²) < 4.78 is 0. The van der Waals surface area contributed by atoms with Gasteiger partial charge in [0.25, 0.3) is 0 Å². The van der Waals surface area contributed by atoms with Gasteiger partial charge in [-0.15, -0.1) is 11.3 Å². The second-order valence-electron chi connectivity index (χ2n) is 4.90. The molecule has 0 radical (unpaired) electrons. The van der Waals surface area contributed by atoms with E-state index in [1.54, 1.807) is 9.75 Å². The van der Waals surface area contributed by atoms with Crippen LogP contribution in [0, 0.1) is 0 Å². The molecule has 0 N–H and O–H groups in total. The van der Waals surface area contributed by atoms with Gasteiger partial charge in [-0.05, 0) is 61.8 Å². The summed E-state index contributed by atoms with van der Waals surface area (Å²) in [7, 11) is 0. The van der Waals surface area contributed by atoms with Gasteiger partial charge in [0.2, 0.25) is 0 Å². The van der Waals surface area contributed by atoms with E-state index in [2.05, 4.69) is 36.4 Å². The highest BCUT2D eigenvalue weighted by Gasteiger charge is 2.04. The average molecular weight is 242 g/mol. The molecule has 4 bridgehead atoms. The minimum Gasteiger partial charge on any atom is -0.145 e. The molecule has 2 heterocycles. The van der Waals surface area contributed by atoms with Crippen molar-refractivity contribution in [2.45, 2.75) is 38.5 Å². The molecule has 17 heavy (non-hydrogen) atoms. The van der Waals surface area contributed by atoms with Crippen LogP contribution in [-0.2, 0) is 25.7 Å². The van der Waals surface area contributed by atoms with Crippen molar-refractivity contribution in [1.29, 1.82) is 0 Å². The smallest absolute Gasteiger partial charge is 0.00482 e. The number of thiophene rings is 1. The van der Waals surface area contributed by atoms with Crippen molar-refractivity contribution in [1.82, 2.24) is 0 Å². The van der Waals surface area contributed by atoms with Gasteiger partial charge in [0, 0.05) is 9.75 Å². The molecule has 0 saturated carbocycles. The van der Waals surface area contributed by atoms with Crippen molar-refractivity contribution in [3.63, 3.8) is 0 Å². The molecule has 0 fully saturated rings. The first-order valence-electron chi connectivity index (χ1n) is 6.55. The van der Waals surface area contributed by atoms with Crippen LogP contribution < -0.4 is 0 Å². The second kappa shape index (κ2) is 5.05. The van der Waals surface area contributed by atoms with Gasteiger partial charge in [0.15, 0.2) is 0 Å². The van der Waals surface area contributed by atoms with Crippen molar-refractivity contribution < 1.29 is 0 Å². The summed E-state index contributed by atoms with van der Waals surface area (Å²) >= 11 is 2.02. The van der Waals surface area contributed by atoms with Gasteiger partial charge in [-0.2, -0.15) is 0 Å². The summed E-state index contributed by atoms with van der Waals surface area (Å²) in [5.41, 5.74) is 3.03. The van der Waals surface area contributed by atoms with E-state index in [9.17, 15) is 0 Å². The maximum atomic E-state index is 2.40. The van der Waals surface area contributed by atoms with Crippen LogP contribution in [-0.4, -0.2) is 0 Å². The van der Waals surface area contributed by atoms with E-state index in [1.807, 2.05) is 11.3 Å². The minimum atomic E-state index is 1.22. The Morgan fingerprint density at radius 3 is 1.88 bits per heavy atom. The predicted molar refractivity (Wildman–Crippen MR) is 74.8 cm³/mol. The molecule has 3 rings (SSSR count). The number of rotatable bonds is 0. The van der Waals surface area contributed by atoms with Gasteiger partial charge in [-0.3, -0.25) is 0 Å². The highest BCUT2D eigenvalue weighted by atomic mass is 32.1. The summed E-state index contributed by atoms with van der Waals surface area (Å²) in [6.07, 6.45) is 7.50. The third kappa shape index (κ3) is 2.78. The Morgan fingerprint density at radius 1 is 0.706 bits per heavy atom. The van der Waals surface area contributed by atoms with Crippen molar-refractivity contribution in [3.8, 4) is 0 Å². The highest BCUT2D eigenvalue weighted by Crippen LogP contribution is 2.22. The van der Waals surface area contributed by atoms with E-state index in [0.717, 1.165) is 0 Å². The zero-order chi connectivity index (χ0) is 11.5. The van der Waals surface area contributed by atoms with E-state index < -0.39 is 0 Å². The zero-order valence-corrected chi connectivity index (χ0v) is 10.9. The topological polar surface area (TPSA) is 0 Å². The van der Waals surface area contributed by atoms with Crippen LogP contribution in [0.4, 0.5) is 0 Å². The highest BCUT2D eigenvalue weighted by molar-refractivity contribution is 7.11. The molecular weight excluding hydrogens is 224 g/mol. The van der Waals surface area contributed by atoms with Gasteiger partial charge < -0.3 is 0 Å². The summed E-state index contributed by atoms with van der Waals surface area (Å²) in [5.74, 6) is 0. The minimum absolute atomic E-state index is 1.22. The molecule has 1 aromatic carbocycles. The first-order chi connectivity index (χ1) is 8.40. The van der Waals surface area contributed by atoms with Crippen LogP contribution in [0.1, 0.15) is 33.7 Å². The summed E-state index contributed by atoms with van der Waals surface area (Å²) in [6, 6.07) is 13.8. The molecule has 0 unspecified atom stereocenters. The standard InChI is InChI=1S/C16H18S/c1-4-13-6-2-8-15-10-11-16(17-15)9-3-7-14(5-1)12-13/h1,4-5,10-12H,2-3,6-9H2. The predicted octanol–water partition coefficient (Wildman–Crippen LogP) is 4.41. The van der Waals surface area contributed by atoms with Crippen LogP contribution in [0.3, 0.4) is 0 Å². The SMILES string of the molecule is c1cc2cc(c1)CCCc1ccc(s1)CCC2. The average Bonchev–Trinajstić information content (AvgIpc) is 2.77. The summed E-state index contributed by atoms with van der Waals surface area (Å²) in [4.78, 5) is 3.13. The number of fused-ring (bicyclic) bond motifs is 4. The van der Waals surface area contributed by atoms with Gasteiger partial charge in [0.1, 0.15) is 0 Å². The Balaban J connectivity index is 1.82. The quantitative estimate of drug-likeness (QED) is 0.642. The maximum Gasteiger partial charge on any atom is 0.00482 e. The fourth-order valence-electron chi connectivity index (χ4n) is 2.57. The summed E-state index contributed by atoms with van der Waals surface area (Å²) in [5, 5.41) is 0. The number of benzene rings is 1. The van der Waals surface area contributed by atoms with Crippen LogP contribution in [0.2, 0.25) is 0 Å². The molecule has 0 atom stereocenters. The normalized spacial score (nSPS) is 16.0. The maximum absolute atomic E-state index is 2.40. The number of hydrogen-bond acceptors (Lipinski definition) is 1. The van der Waals surface area contributed by atoms with Crippen LogP contribution in [0.15, 0.2) is 36.4 Å². The summed E-state index contributed by atoms with van der Waals surface area (Å²) in [6.45, 7) is 0. The Kier molecular flexibility index (Phi) is 3.28. The third-order valence-electron chi connectivity index (χ3n) is 3.49. The van der Waals surface area contributed by atoms with Crippen molar-refractivity contribution in [3.05, 3.63) is 57.3 Å². The van der Waals surface area contributed by atoms with E-state index in [-0.39, 0.29) is 0 Å². The van der Waals surface area contributed by atoms with Crippen molar-refractivity contribution in [2.75, 3.05) is 0 Å². The first-order valence-corrected chi connectivity index (χ1v) is 7.37. The monoisotopic (exact) mass is 242 g/mol. The lowest BCUT2D eigenvalue weighted by Gasteiger charge is -2.06. The third-order valence-corrected chi connectivity index (χ3v) is 4.69. The molecule has 0 amide bonds. The van der Waals surface area contributed by atoms with Gasteiger partial charge >= 0.3 is 0 Å². The van der Waals surface area contributed by atoms with E-state index in [0.29, 0.717) is 0 Å². The Labute approximate surface area is 107 Å². The number of aryl methyl sites for hydroxylation is 4. The molecule has 1 aliphatic rings. The Hall–Kier alpha value is -1.08. The van der Waals surface area contributed by atoms with Crippen molar-refractivity contribution >= 4 is 11.3 Å². The Bertz CT molecular complexity index is 456. The van der Waals surface area contributed by atoms with E-state index in [1.165, 1.54) is 49.7 Å². The molecule has 2 aromatic rings. The van der Waals surface area contributed by atoms with Gasteiger partial charge in [0.05, 0.1) is 0 Å². The molecule has 0 saturated heterocycles. The first kappa shape index (κ1) is 11.0. The van der Waals surface area contributed by atoms with Gasteiger partial charge in [-0.25, -0.2) is 0 Å². The van der Waals surface area contributed by atoms with Crippen LogP contribution >= 0.6 is 11.3 Å². The number of hydrogen-bond donors (Lipinski definition) is 0. The van der Waals surface area contributed by atoms with Gasteiger partial charge in [-0.1, -0.05) is 24.3 Å². The van der Waals surface area contributed by atoms with Crippen LogP contribution in [0.25, 0.3) is 0 Å². The molecular formula is C16H18S. The van der Waals surface area contributed by atoms with E-state index in [4.69, 9.17) is 0 Å². The van der Waals surface area contributed by atoms with Crippen molar-refractivity contribution in [2.24, 2.45) is 0 Å². The molecule has 1 aromatic heterocycles. The molecule has 0 nitrogen and oxygen atoms in total. The fourth-order valence-corrected chi connectivity index (χ4v) is 3.67. The molecule has 1 aliphatic heterocycles.